The molecule has 0 saturated heterocycles. The molecule has 134 valence electrons. The van der Waals surface area contributed by atoms with Crippen LogP contribution in [0.5, 0.6) is 5.75 Å². The second kappa shape index (κ2) is 7.98. The Kier molecular flexibility index (Phi) is 5.97. The van der Waals surface area contributed by atoms with Gasteiger partial charge in [0.25, 0.3) is 5.91 Å². The van der Waals surface area contributed by atoms with Gasteiger partial charge in [-0.15, -0.1) is 0 Å². The van der Waals surface area contributed by atoms with Gasteiger partial charge < -0.3 is 14.5 Å². The Morgan fingerprint density at radius 1 is 1.20 bits per heavy atom. The van der Waals surface area contributed by atoms with Crippen molar-refractivity contribution in [1.29, 1.82) is 0 Å². The highest BCUT2D eigenvalue weighted by molar-refractivity contribution is 7.80. The second-order valence-corrected chi connectivity index (χ2v) is 6.32. The van der Waals surface area contributed by atoms with Crippen molar-refractivity contribution in [3.8, 4) is 5.75 Å². The summed E-state index contributed by atoms with van der Waals surface area (Å²) in [4.78, 5) is 23.5. The molecule has 0 fully saturated rings. The summed E-state index contributed by atoms with van der Waals surface area (Å²) in [7, 11) is 0. The minimum Gasteiger partial charge on any atom is -0.481 e. The number of hydrazine groups is 1. The molecular formula is C17H21N3O4S. The number of aryl methyl sites for hydroxylation is 1. The molecule has 3 N–H and O–H groups in total. The van der Waals surface area contributed by atoms with E-state index >= 15 is 0 Å². The first-order valence-electron chi connectivity index (χ1n) is 7.84. The fourth-order valence-corrected chi connectivity index (χ4v) is 2.44. The Balaban J connectivity index is 2.01. The van der Waals surface area contributed by atoms with Crippen LogP contribution in [0.15, 0.2) is 33.5 Å². The largest absolute Gasteiger partial charge is 0.481 e. The highest BCUT2D eigenvalue weighted by atomic mass is 32.1. The molecule has 0 aliphatic carbocycles. The lowest BCUT2D eigenvalue weighted by molar-refractivity contribution is -0.127. The summed E-state index contributed by atoms with van der Waals surface area (Å²) < 4.78 is 10.8. The van der Waals surface area contributed by atoms with E-state index in [2.05, 4.69) is 16.2 Å². The summed E-state index contributed by atoms with van der Waals surface area (Å²) in [5, 5.41) is 4.07. The zero-order chi connectivity index (χ0) is 18.6. The van der Waals surface area contributed by atoms with Crippen LogP contribution in [0.3, 0.4) is 0 Å². The number of benzene rings is 1. The lowest BCUT2D eigenvalue weighted by Crippen LogP contribution is -2.51. The van der Waals surface area contributed by atoms with Crippen molar-refractivity contribution in [1.82, 2.24) is 16.2 Å². The predicted molar refractivity (Wildman–Crippen MR) is 99.5 cm³/mol. The molecule has 8 heteroatoms. The molecule has 0 unspecified atom stereocenters. The van der Waals surface area contributed by atoms with Gasteiger partial charge in [0.2, 0.25) is 0 Å². The Bertz CT molecular complexity index is 847. The molecular weight excluding hydrogens is 342 g/mol. The van der Waals surface area contributed by atoms with E-state index in [1.54, 1.807) is 25.1 Å². The Hall–Kier alpha value is -2.61. The number of ether oxygens (including phenoxy) is 1. The third-order valence-electron chi connectivity index (χ3n) is 3.32. The van der Waals surface area contributed by atoms with Crippen LogP contribution in [0.4, 0.5) is 0 Å². The molecule has 0 radical (unpaired) electrons. The van der Waals surface area contributed by atoms with Gasteiger partial charge in [-0.25, -0.2) is 4.79 Å². The summed E-state index contributed by atoms with van der Waals surface area (Å²) in [6, 6.07) is 6.68. The van der Waals surface area contributed by atoms with E-state index in [0.29, 0.717) is 16.4 Å². The molecule has 1 amide bonds. The normalized spacial score (nSPS) is 11.9. The van der Waals surface area contributed by atoms with Crippen LogP contribution < -0.4 is 26.5 Å². The van der Waals surface area contributed by atoms with Crippen molar-refractivity contribution in [2.45, 2.75) is 39.8 Å². The summed E-state index contributed by atoms with van der Waals surface area (Å²) >= 11 is 5.02. The van der Waals surface area contributed by atoms with Gasteiger partial charge in [0.15, 0.2) is 11.2 Å². The number of amides is 1. The number of nitrogens with one attached hydrogen (secondary N) is 3. The second-order valence-electron chi connectivity index (χ2n) is 5.91. The van der Waals surface area contributed by atoms with Gasteiger partial charge in [-0.05, 0) is 57.6 Å². The first-order valence-corrected chi connectivity index (χ1v) is 8.24. The van der Waals surface area contributed by atoms with Gasteiger partial charge in [0.05, 0.1) is 0 Å². The SMILES string of the molecule is Cc1cc(=O)oc2cc(O[C@H](C)C(=O)NNC(=S)NC(C)C)ccc12. The lowest BCUT2D eigenvalue weighted by Gasteiger charge is -2.17. The van der Waals surface area contributed by atoms with E-state index in [0.717, 1.165) is 10.9 Å². The van der Waals surface area contributed by atoms with Gasteiger partial charge >= 0.3 is 5.63 Å². The Morgan fingerprint density at radius 3 is 2.60 bits per heavy atom. The standard InChI is InChI=1S/C17H21N3O4S/c1-9(2)18-17(25)20-19-16(22)11(4)23-12-5-6-13-10(3)7-15(21)24-14(13)8-12/h5-9,11H,1-4H3,(H,19,22)(H2,18,20,25)/t11-/m1/s1. The molecule has 1 heterocycles. The molecule has 0 aliphatic rings. The molecule has 0 bridgehead atoms. The van der Waals surface area contributed by atoms with E-state index < -0.39 is 17.6 Å². The van der Waals surface area contributed by atoms with E-state index in [4.69, 9.17) is 21.4 Å². The molecule has 1 aromatic carbocycles. The number of rotatable bonds is 4. The molecule has 25 heavy (non-hydrogen) atoms. The van der Waals surface area contributed by atoms with E-state index in [1.165, 1.54) is 6.07 Å². The number of fused-ring (bicyclic) bond motifs is 1. The van der Waals surface area contributed by atoms with Crippen molar-refractivity contribution >= 4 is 34.2 Å². The van der Waals surface area contributed by atoms with Crippen LogP contribution in [0.1, 0.15) is 26.3 Å². The van der Waals surface area contributed by atoms with E-state index in [1.807, 2.05) is 20.8 Å². The maximum absolute atomic E-state index is 12.0. The van der Waals surface area contributed by atoms with Gasteiger partial charge in [0.1, 0.15) is 11.3 Å². The maximum atomic E-state index is 12.0. The van der Waals surface area contributed by atoms with Gasteiger partial charge in [-0.3, -0.25) is 15.6 Å². The third kappa shape index (κ3) is 5.18. The fraction of sp³-hybridized carbons (Fsp3) is 0.353. The third-order valence-corrected chi connectivity index (χ3v) is 3.54. The summed E-state index contributed by atoms with van der Waals surface area (Å²) in [5.41, 5.74) is 5.88. The Morgan fingerprint density at radius 2 is 1.92 bits per heavy atom. The predicted octanol–water partition coefficient (Wildman–Crippen LogP) is 1.77. The van der Waals surface area contributed by atoms with Gasteiger partial charge in [0, 0.05) is 23.6 Å². The smallest absolute Gasteiger partial charge is 0.336 e. The van der Waals surface area contributed by atoms with Crippen LogP contribution in [-0.2, 0) is 4.79 Å². The first kappa shape index (κ1) is 18.7. The van der Waals surface area contributed by atoms with Crippen molar-refractivity contribution in [2.75, 3.05) is 0 Å². The van der Waals surface area contributed by atoms with Crippen molar-refractivity contribution < 1.29 is 13.9 Å². The zero-order valence-electron chi connectivity index (χ0n) is 14.5. The molecule has 0 aliphatic heterocycles. The Labute approximate surface area is 150 Å². The van der Waals surface area contributed by atoms with Crippen LogP contribution in [0.25, 0.3) is 11.0 Å². The summed E-state index contributed by atoms with van der Waals surface area (Å²) in [5.74, 6) is 0.0329. The summed E-state index contributed by atoms with van der Waals surface area (Å²) in [6.07, 6.45) is -0.775. The molecule has 1 aromatic heterocycles. The van der Waals surface area contributed by atoms with Crippen molar-refractivity contribution in [3.63, 3.8) is 0 Å². The fourth-order valence-electron chi connectivity index (χ4n) is 2.15. The minimum absolute atomic E-state index is 0.154. The van der Waals surface area contributed by atoms with Crippen LogP contribution in [0, 0.1) is 6.92 Å². The maximum Gasteiger partial charge on any atom is 0.336 e. The number of carbonyl (C=O) groups excluding carboxylic acids is 1. The molecule has 1 atom stereocenters. The number of thiocarbonyl (C=S) groups is 1. The monoisotopic (exact) mass is 363 g/mol. The van der Waals surface area contributed by atoms with Crippen LogP contribution in [-0.4, -0.2) is 23.2 Å². The first-order chi connectivity index (χ1) is 11.8. The number of hydrogen-bond donors (Lipinski definition) is 3. The van der Waals surface area contributed by atoms with Crippen molar-refractivity contribution in [2.24, 2.45) is 0 Å². The minimum atomic E-state index is -0.775. The highest BCUT2D eigenvalue weighted by Gasteiger charge is 2.15. The lowest BCUT2D eigenvalue weighted by atomic mass is 10.1. The summed E-state index contributed by atoms with van der Waals surface area (Å²) in [6.45, 7) is 7.30. The van der Waals surface area contributed by atoms with Crippen LogP contribution in [0.2, 0.25) is 0 Å². The van der Waals surface area contributed by atoms with Crippen molar-refractivity contribution in [3.05, 3.63) is 40.2 Å². The highest BCUT2D eigenvalue weighted by Crippen LogP contribution is 2.22. The van der Waals surface area contributed by atoms with E-state index in [-0.39, 0.29) is 6.04 Å². The van der Waals surface area contributed by atoms with E-state index in [9.17, 15) is 9.59 Å². The molecule has 0 spiro atoms. The average Bonchev–Trinajstić information content (AvgIpc) is 2.51. The van der Waals surface area contributed by atoms with Crippen LogP contribution >= 0.6 is 12.2 Å². The molecule has 0 saturated carbocycles. The zero-order valence-corrected chi connectivity index (χ0v) is 15.3. The van der Waals surface area contributed by atoms with Gasteiger partial charge in [-0.1, -0.05) is 0 Å². The van der Waals surface area contributed by atoms with Gasteiger partial charge in [-0.2, -0.15) is 0 Å². The molecule has 7 nitrogen and oxygen atoms in total. The molecule has 2 aromatic rings. The molecule has 2 rings (SSSR count). The quantitative estimate of drug-likeness (QED) is 0.433. The number of carbonyl (C=O) groups is 1. The topological polar surface area (TPSA) is 92.6 Å². The average molecular weight is 363 g/mol. The number of hydrogen-bond acceptors (Lipinski definition) is 5.